The highest BCUT2D eigenvalue weighted by molar-refractivity contribution is 5.82. The van der Waals surface area contributed by atoms with Crippen molar-refractivity contribution in [3.63, 3.8) is 0 Å². The molecule has 0 saturated carbocycles. The number of Topliss-reactive ketones (excluding diaryl/α,β-unsaturated/α-hetero) is 1. The molecule has 0 N–H and O–H groups in total. The molecule has 3 nitrogen and oxygen atoms in total. The molecule has 1 atom stereocenters. The maximum atomic E-state index is 11.2. The maximum Gasteiger partial charge on any atom is 0.138 e. The van der Waals surface area contributed by atoms with Gasteiger partial charge in [-0.1, -0.05) is 13.3 Å². The van der Waals surface area contributed by atoms with Crippen LogP contribution < -0.4 is 0 Å². The first-order chi connectivity index (χ1) is 6.65. The number of aryl methyl sites for hydroxylation is 1. The van der Waals surface area contributed by atoms with Gasteiger partial charge in [-0.3, -0.25) is 4.79 Å². The van der Waals surface area contributed by atoms with E-state index in [1.165, 1.54) is 0 Å². The minimum Gasteiger partial charge on any atom is -0.299 e. The zero-order valence-electron chi connectivity index (χ0n) is 8.95. The molecule has 1 aromatic rings. The van der Waals surface area contributed by atoms with Gasteiger partial charge >= 0.3 is 0 Å². The molecule has 0 saturated heterocycles. The molecule has 14 heavy (non-hydrogen) atoms. The summed E-state index contributed by atoms with van der Waals surface area (Å²) in [5.41, 5.74) is 1.85. The van der Waals surface area contributed by atoms with Crippen molar-refractivity contribution in [1.82, 2.24) is 9.97 Å². The van der Waals surface area contributed by atoms with Gasteiger partial charge in [-0.25, -0.2) is 9.97 Å². The van der Waals surface area contributed by atoms with Crippen molar-refractivity contribution in [2.24, 2.45) is 0 Å². The summed E-state index contributed by atoms with van der Waals surface area (Å²) in [7, 11) is 0. The van der Waals surface area contributed by atoms with Gasteiger partial charge in [-0.15, -0.1) is 0 Å². The van der Waals surface area contributed by atoms with Crippen molar-refractivity contribution < 1.29 is 4.79 Å². The van der Waals surface area contributed by atoms with Crippen molar-refractivity contribution in [3.05, 3.63) is 23.8 Å². The molecule has 0 bridgehead atoms. The molecule has 0 aliphatic heterocycles. The first-order valence-electron chi connectivity index (χ1n) is 4.96. The molecule has 0 aliphatic rings. The fourth-order valence-electron chi connectivity index (χ4n) is 1.25. The zero-order valence-corrected chi connectivity index (χ0v) is 8.95. The van der Waals surface area contributed by atoms with Gasteiger partial charge in [0.25, 0.3) is 0 Å². The number of hydrogen-bond donors (Lipinski definition) is 0. The number of aromatic nitrogens is 2. The summed E-state index contributed by atoms with van der Waals surface area (Å²) in [6, 6.07) is 1.93. The molecular formula is C11H16N2O. The summed E-state index contributed by atoms with van der Waals surface area (Å²) < 4.78 is 0. The van der Waals surface area contributed by atoms with Crippen molar-refractivity contribution >= 4 is 5.78 Å². The van der Waals surface area contributed by atoms with Crippen LogP contribution in [0.25, 0.3) is 0 Å². The molecule has 1 rings (SSSR count). The Bertz CT molecular complexity index is 323. The van der Waals surface area contributed by atoms with Gasteiger partial charge in [-0.05, 0) is 26.3 Å². The van der Waals surface area contributed by atoms with Gasteiger partial charge < -0.3 is 0 Å². The molecule has 0 amide bonds. The molecule has 76 valence electrons. The third-order valence-electron chi connectivity index (χ3n) is 2.30. The fraction of sp³-hybridized carbons (Fsp3) is 0.545. The first kappa shape index (κ1) is 10.8. The number of hydrogen-bond acceptors (Lipinski definition) is 3. The summed E-state index contributed by atoms with van der Waals surface area (Å²) in [6.07, 6.45) is 3.55. The molecule has 3 heteroatoms. The Balaban J connectivity index is 2.87. The zero-order chi connectivity index (χ0) is 10.6. The molecular weight excluding hydrogens is 176 g/mol. The molecule has 0 radical (unpaired) electrons. The lowest BCUT2D eigenvalue weighted by Crippen LogP contribution is -2.07. The third-order valence-corrected chi connectivity index (χ3v) is 2.30. The van der Waals surface area contributed by atoms with E-state index in [4.69, 9.17) is 0 Å². The summed E-state index contributed by atoms with van der Waals surface area (Å²) in [5.74, 6) is 0.0276. The Hall–Kier alpha value is -1.25. The Kier molecular flexibility index (Phi) is 3.74. The average Bonchev–Trinajstić information content (AvgIpc) is 2.17. The summed E-state index contributed by atoms with van der Waals surface area (Å²) in [4.78, 5) is 19.4. The predicted molar refractivity (Wildman–Crippen MR) is 55.1 cm³/mol. The van der Waals surface area contributed by atoms with Crippen LogP contribution in [0, 0.1) is 0 Å². The van der Waals surface area contributed by atoms with Crippen LogP contribution in [0.3, 0.4) is 0 Å². The Morgan fingerprint density at radius 1 is 1.50 bits per heavy atom. The van der Waals surface area contributed by atoms with Crippen molar-refractivity contribution in [2.75, 3.05) is 0 Å². The lowest BCUT2D eigenvalue weighted by molar-refractivity contribution is -0.118. The van der Waals surface area contributed by atoms with Crippen molar-refractivity contribution in [3.8, 4) is 0 Å². The molecule has 1 heterocycles. The molecule has 1 aromatic heterocycles. The van der Waals surface area contributed by atoms with E-state index in [-0.39, 0.29) is 11.7 Å². The summed E-state index contributed by atoms with van der Waals surface area (Å²) in [6.45, 7) is 5.57. The van der Waals surface area contributed by atoms with Gasteiger partial charge in [-0.2, -0.15) is 0 Å². The van der Waals surface area contributed by atoms with Gasteiger partial charge in [0.15, 0.2) is 0 Å². The van der Waals surface area contributed by atoms with Crippen LogP contribution >= 0.6 is 0 Å². The minimum atomic E-state index is -0.117. The molecule has 0 spiro atoms. The van der Waals surface area contributed by atoms with Crippen LogP contribution in [0.15, 0.2) is 12.4 Å². The van der Waals surface area contributed by atoms with E-state index < -0.39 is 0 Å². The predicted octanol–water partition coefficient (Wildman–Crippen LogP) is 2.12. The highest BCUT2D eigenvalue weighted by Crippen LogP contribution is 2.13. The molecule has 1 unspecified atom stereocenters. The highest BCUT2D eigenvalue weighted by Gasteiger charge is 2.12. The highest BCUT2D eigenvalue weighted by atomic mass is 16.1. The normalized spacial score (nSPS) is 12.5. The largest absolute Gasteiger partial charge is 0.299 e. The SMILES string of the molecule is CCCc1cc(C(C)C(C)=O)ncn1. The Morgan fingerprint density at radius 3 is 2.79 bits per heavy atom. The van der Waals surface area contributed by atoms with Crippen molar-refractivity contribution in [1.29, 1.82) is 0 Å². The monoisotopic (exact) mass is 192 g/mol. The lowest BCUT2D eigenvalue weighted by atomic mass is 10.0. The Labute approximate surface area is 84.6 Å². The number of carbonyl (C=O) groups is 1. The summed E-state index contributed by atoms with van der Waals surface area (Å²) >= 11 is 0. The molecule has 0 fully saturated rings. The maximum absolute atomic E-state index is 11.2. The second kappa shape index (κ2) is 4.84. The van der Waals surface area contributed by atoms with E-state index in [1.54, 1.807) is 13.3 Å². The van der Waals surface area contributed by atoms with Gasteiger partial charge in [0.05, 0.1) is 11.6 Å². The van der Waals surface area contributed by atoms with Crippen molar-refractivity contribution in [2.45, 2.75) is 39.5 Å². The lowest BCUT2D eigenvalue weighted by Gasteiger charge is -2.07. The second-order valence-corrected chi connectivity index (χ2v) is 3.52. The first-order valence-corrected chi connectivity index (χ1v) is 4.96. The number of carbonyl (C=O) groups excluding carboxylic acids is 1. The quantitative estimate of drug-likeness (QED) is 0.733. The van der Waals surface area contributed by atoms with Gasteiger partial charge in [0.1, 0.15) is 12.1 Å². The fourth-order valence-corrected chi connectivity index (χ4v) is 1.25. The van der Waals surface area contributed by atoms with Crippen LogP contribution in [0.5, 0.6) is 0 Å². The van der Waals surface area contributed by atoms with Crippen LogP contribution in [0.4, 0.5) is 0 Å². The van der Waals surface area contributed by atoms with Gasteiger partial charge in [0.2, 0.25) is 0 Å². The number of ketones is 1. The smallest absolute Gasteiger partial charge is 0.138 e. The van der Waals surface area contributed by atoms with Crippen LogP contribution in [-0.4, -0.2) is 15.8 Å². The standard InChI is InChI=1S/C11H16N2O/c1-4-5-10-6-11(13-7-12-10)8(2)9(3)14/h6-8H,4-5H2,1-3H3. The minimum absolute atomic E-state index is 0.117. The van der Waals surface area contributed by atoms with Crippen LogP contribution in [0.2, 0.25) is 0 Å². The number of nitrogens with zero attached hydrogens (tertiary/aromatic N) is 2. The molecule has 0 aromatic carbocycles. The number of rotatable bonds is 4. The van der Waals surface area contributed by atoms with E-state index in [9.17, 15) is 4.79 Å². The van der Waals surface area contributed by atoms with E-state index in [0.29, 0.717) is 0 Å². The molecule has 0 aliphatic carbocycles. The third kappa shape index (κ3) is 2.62. The van der Waals surface area contributed by atoms with E-state index in [0.717, 1.165) is 24.2 Å². The second-order valence-electron chi connectivity index (χ2n) is 3.52. The van der Waals surface area contributed by atoms with E-state index >= 15 is 0 Å². The van der Waals surface area contributed by atoms with Crippen LogP contribution in [0.1, 0.15) is 44.5 Å². The average molecular weight is 192 g/mol. The van der Waals surface area contributed by atoms with E-state index in [1.807, 2.05) is 13.0 Å². The topological polar surface area (TPSA) is 42.9 Å². The van der Waals surface area contributed by atoms with E-state index in [2.05, 4.69) is 16.9 Å². The van der Waals surface area contributed by atoms with Gasteiger partial charge in [0, 0.05) is 5.69 Å². The summed E-state index contributed by atoms with van der Waals surface area (Å²) in [5, 5.41) is 0. The Morgan fingerprint density at radius 2 is 2.21 bits per heavy atom. The van der Waals surface area contributed by atoms with Crippen LogP contribution in [-0.2, 0) is 11.2 Å².